The molecule has 24 heavy (non-hydrogen) atoms. The lowest BCUT2D eigenvalue weighted by Crippen LogP contribution is -2.45. The summed E-state index contributed by atoms with van der Waals surface area (Å²) in [6.07, 6.45) is -3.09. The van der Waals surface area contributed by atoms with Gasteiger partial charge in [0.1, 0.15) is 0 Å². The lowest BCUT2D eigenvalue weighted by Gasteiger charge is -2.21. The van der Waals surface area contributed by atoms with Crippen molar-refractivity contribution in [2.45, 2.75) is 36.9 Å². The van der Waals surface area contributed by atoms with Crippen molar-refractivity contribution < 1.29 is 26.4 Å². The minimum Gasteiger partial charge on any atom is -0.341 e. The number of halogens is 4. The van der Waals surface area contributed by atoms with Crippen LogP contribution in [0.15, 0.2) is 23.1 Å². The number of carbonyl (C=O) groups is 1. The molecule has 0 bridgehead atoms. The Morgan fingerprint density at radius 1 is 1.29 bits per heavy atom. The molecule has 0 radical (unpaired) electrons. The molecular weight excluding hydrogens is 369 g/mol. The van der Waals surface area contributed by atoms with E-state index in [1.807, 2.05) is 0 Å². The Balaban J connectivity index is 2.22. The third-order valence-corrected chi connectivity index (χ3v) is 5.54. The van der Waals surface area contributed by atoms with Gasteiger partial charge in [-0.15, -0.1) is 0 Å². The summed E-state index contributed by atoms with van der Waals surface area (Å²) in [5, 5.41) is -0.595. The first-order valence-electron chi connectivity index (χ1n) is 7.20. The maximum Gasteiger partial charge on any atom is 0.417 e. The molecule has 1 saturated heterocycles. The fraction of sp³-hybridized carbons (Fsp3) is 0.500. The van der Waals surface area contributed by atoms with Gasteiger partial charge in [0, 0.05) is 13.1 Å². The van der Waals surface area contributed by atoms with Crippen molar-refractivity contribution in [1.82, 2.24) is 9.62 Å². The van der Waals surface area contributed by atoms with Gasteiger partial charge >= 0.3 is 6.18 Å². The molecule has 5 nitrogen and oxygen atoms in total. The zero-order chi connectivity index (χ0) is 18.1. The highest BCUT2D eigenvalue weighted by Crippen LogP contribution is 2.35. The fourth-order valence-electron chi connectivity index (χ4n) is 2.45. The number of likely N-dealkylation sites (tertiary alicyclic amines) is 1. The highest BCUT2D eigenvalue weighted by atomic mass is 35.5. The monoisotopic (exact) mass is 384 g/mol. The second-order valence-electron chi connectivity index (χ2n) is 5.51. The number of nitrogens with one attached hydrogen (secondary N) is 1. The van der Waals surface area contributed by atoms with E-state index >= 15 is 0 Å². The van der Waals surface area contributed by atoms with Crippen molar-refractivity contribution in [1.29, 1.82) is 0 Å². The van der Waals surface area contributed by atoms with Gasteiger partial charge in [-0.05, 0) is 38.0 Å². The molecule has 0 aliphatic carbocycles. The van der Waals surface area contributed by atoms with Gasteiger partial charge in [0.25, 0.3) is 0 Å². The van der Waals surface area contributed by atoms with E-state index in [0.717, 1.165) is 25.0 Å². The number of rotatable bonds is 4. The third-order valence-electron chi connectivity index (χ3n) is 3.67. The minimum atomic E-state index is -4.78. The predicted molar refractivity (Wildman–Crippen MR) is 82.1 cm³/mol. The van der Waals surface area contributed by atoms with Crippen molar-refractivity contribution in [3.8, 4) is 0 Å². The van der Waals surface area contributed by atoms with Crippen LogP contribution in [0.3, 0.4) is 0 Å². The van der Waals surface area contributed by atoms with Gasteiger partial charge in [-0.1, -0.05) is 11.6 Å². The number of carbonyl (C=O) groups excluding carboxylic acids is 1. The van der Waals surface area contributed by atoms with Crippen molar-refractivity contribution in [2.75, 3.05) is 13.1 Å². The second kappa shape index (κ2) is 6.89. The van der Waals surface area contributed by atoms with Crippen molar-refractivity contribution >= 4 is 27.5 Å². The highest BCUT2D eigenvalue weighted by Gasteiger charge is 2.35. The van der Waals surface area contributed by atoms with Crippen LogP contribution in [-0.4, -0.2) is 38.4 Å². The van der Waals surface area contributed by atoms with Crippen molar-refractivity contribution in [2.24, 2.45) is 0 Å². The van der Waals surface area contributed by atoms with E-state index in [2.05, 4.69) is 4.72 Å². The highest BCUT2D eigenvalue weighted by molar-refractivity contribution is 7.89. The molecule has 1 atom stereocenters. The molecule has 1 aromatic rings. The summed E-state index contributed by atoms with van der Waals surface area (Å²) in [5.74, 6) is -0.402. The lowest BCUT2D eigenvalue weighted by molar-refractivity contribution is -0.137. The molecular formula is C14H16ClF3N2O3S. The largest absolute Gasteiger partial charge is 0.417 e. The first-order chi connectivity index (χ1) is 11.0. The molecule has 1 fully saturated rings. The van der Waals surface area contributed by atoms with Crippen LogP contribution in [-0.2, 0) is 21.0 Å². The maximum absolute atomic E-state index is 12.9. The van der Waals surface area contributed by atoms with Gasteiger partial charge in [0.15, 0.2) is 0 Å². The van der Waals surface area contributed by atoms with Crippen molar-refractivity contribution in [3.05, 3.63) is 28.8 Å². The molecule has 0 aromatic heterocycles. The number of benzene rings is 1. The van der Waals surface area contributed by atoms with E-state index in [4.69, 9.17) is 11.6 Å². The zero-order valence-electron chi connectivity index (χ0n) is 12.7. The first-order valence-corrected chi connectivity index (χ1v) is 9.06. The third kappa shape index (κ3) is 4.20. The Morgan fingerprint density at radius 2 is 1.88 bits per heavy atom. The van der Waals surface area contributed by atoms with Gasteiger partial charge in [0.05, 0.1) is 21.5 Å². The molecule has 134 valence electrons. The van der Waals surface area contributed by atoms with Crippen LogP contribution in [0, 0.1) is 0 Å². The molecule has 1 aliphatic rings. The van der Waals surface area contributed by atoms with E-state index in [0.29, 0.717) is 19.2 Å². The fourth-order valence-corrected chi connectivity index (χ4v) is 3.90. The van der Waals surface area contributed by atoms with Crippen LogP contribution in [0.2, 0.25) is 5.02 Å². The lowest BCUT2D eigenvalue weighted by atomic mass is 10.2. The molecule has 1 N–H and O–H groups in total. The number of alkyl halides is 3. The van der Waals surface area contributed by atoms with E-state index in [-0.39, 0.29) is 0 Å². The Morgan fingerprint density at radius 3 is 2.42 bits per heavy atom. The quantitative estimate of drug-likeness (QED) is 0.867. The summed E-state index contributed by atoms with van der Waals surface area (Å²) in [7, 11) is -4.29. The summed E-state index contributed by atoms with van der Waals surface area (Å²) in [5.41, 5.74) is -1.24. The van der Waals surface area contributed by atoms with Gasteiger partial charge in [0.2, 0.25) is 15.9 Å². The molecule has 1 aromatic carbocycles. The molecule has 0 saturated carbocycles. The van der Waals surface area contributed by atoms with Crippen LogP contribution >= 0.6 is 11.6 Å². The summed E-state index contributed by atoms with van der Waals surface area (Å²) < 4.78 is 65.2. The van der Waals surface area contributed by atoms with Crippen LogP contribution in [0.25, 0.3) is 0 Å². The van der Waals surface area contributed by atoms with Crippen LogP contribution in [0.5, 0.6) is 0 Å². The Hall–Kier alpha value is -1.32. The Bertz CT molecular complexity index is 731. The average molecular weight is 385 g/mol. The maximum atomic E-state index is 12.9. The van der Waals surface area contributed by atoms with Gasteiger partial charge < -0.3 is 4.90 Å². The summed E-state index contributed by atoms with van der Waals surface area (Å²) in [6, 6.07) is 1.22. The van der Waals surface area contributed by atoms with Crippen LogP contribution in [0.4, 0.5) is 13.2 Å². The Labute approximate surface area is 142 Å². The molecule has 0 spiro atoms. The molecule has 1 aliphatic heterocycles. The normalized spacial score (nSPS) is 17.1. The van der Waals surface area contributed by atoms with E-state index < -0.39 is 43.6 Å². The van der Waals surface area contributed by atoms with E-state index in [1.165, 1.54) is 11.8 Å². The van der Waals surface area contributed by atoms with Gasteiger partial charge in [-0.25, -0.2) is 8.42 Å². The van der Waals surface area contributed by atoms with Crippen molar-refractivity contribution in [3.63, 3.8) is 0 Å². The Kier molecular flexibility index (Phi) is 5.46. The van der Waals surface area contributed by atoms with Gasteiger partial charge in [-0.3, -0.25) is 4.79 Å². The number of nitrogens with zero attached hydrogens (tertiary/aromatic N) is 1. The molecule has 0 unspecified atom stereocenters. The van der Waals surface area contributed by atoms with Crippen LogP contribution in [0.1, 0.15) is 25.3 Å². The summed E-state index contributed by atoms with van der Waals surface area (Å²) >= 11 is 5.48. The number of hydrogen-bond donors (Lipinski definition) is 1. The molecule has 1 amide bonds. The standard InChI is InChI=1S/C14H16ClF3N2O3S/c1-9(13(21)20-6-2-3-7-20)19-24(22,23)10-4-5-12(15)11(8-10)14(16,17)18/h4-5,8-9,19H,2-3,6-7H2,1H3/t9-/m0/s1. The van der Waals surface area contributed by atoms with Gasteiger partial charge in [-0.2, -0.15) is 17.9 Å². The SMILES string of the molecule is C[C@H](NS(=O)(=O)c1ccc(Cl)c(C(F)(F)F)c1)C(=O)N1CCCC1. The van der Waals surface area contributed by atoms with Crippen LogP contribution < -0.4 is 4.72 Å². The molecule has 2 rings (SSSR count). The predicted octanol–water partition coefficient (Wildman–Crippen LogP) is 2.65. The number of sulfonamides is 1. The number of amides is 1. The number of hydrogen-bond acceptors (Lipinski definition) is 3. The summed E-state index contributed by atoms with van der Waals surface area (Å²) in [6.45, 7) is 2.45. The molecule has 1 heterocycles. The topological polar surface area (TPSA) is 66.5 Å². The van der Waals surface area contributed by atoms with E-state index in [9.17, 15) is 26.4 Å². The first kappa shape index (κ1) is 19.0. The smallest absolute Gasteiger partial charge is 0.341 e. The minimum absolute atomic E-state index is 0.402. The molecule has 10 heteroatoms. The summed E-state index contributed by atoms with van der Waals surface area (Å²) in [4.78, 5) is 13.1. The zero-order valence-corrected chi connectivity index (χ0v) is 14.3. The second-order valence-corrected chi connectivity index (χ2v) is 7.64. The van der Waals surface area contributed by atoms with E-state index in [1.54, 1.807) is 0 Å². The average Bonchev–Trinajstić information content (AvgIpc) is 2.99.